The maximum atomic E-state index is 12.2. The van der Waals surface area contributed by atoms with Gasteiger partial charge in [-0.3, -0.25) is 0 Å². The Morgan fingerprint density at radius 1 is 1.18 bits per heavy atom. The molecule has 0 aromatic heterocycles. The Morgan fingerprint density at radius 3 is 2.09 bits per heavy atom. The average molecular weight is 332 g/mol. The van der Waals surface area contributed by atoms with Crippen molar-refractivity contribution >= 4 is 14.4 Å². The quantitative estimate of drug-likeness (QED) is 0.777. The number of aliphatic hydroxyl groups is 1. The lowest BCUT2D eigenvalue weighted by Crippen LogP contribution is -2.41. The molecule has 1 fully saturated rings. The number of hydrogen-bond donors (Lipinski definition) is 2. The van der Waals surface area contributed by atoms with E-state index in [0.717, 1.165) is 6.42 Å². The second-order valence-corrected chi connectivity index (χ2v) is 13.2. The van der Waals surface area contributed by atoms with Crippen LogP contribution in [0.2, 0.25) is 18.1 Å². The molecule has 1 saturated heterocycles. The molecular weight excluding hydrogens is 298 g/mol. The summed E-state index contributed by atoms with van der Waals surface area (Å²) in [5.74, 6) is 0.259. The molecule has 1 heterocycles. The lowest BCUT2D eigenvalue weighted by Gasteiger charge is -2.38. The molecule has 1 aliphatic rings. The lowest BCUT2D eigenvalue weighted by atomic mass is 9.88. The van der Waals surface area contributed by atoms with Crippen LogP contribution in [0.4, 0.5) is 4.79 Å². The van der Waals surface area contributed by atoms with Crippen molar-refractivity contribution in [2.75, 3.05) is 19.7 Å². The molecule has 0 saturated carbocycles. The predicted octanol–water partition coefficient (Wildman–Crippen LogP) is 2.83. The van der Waals surface area contributed by atoms with Crippen LogP contribution in [-0.4, -0.2) is 54.5 Å². The second kappa shape index (κ2) is 6.49. The van der Waals surface area contributed by atoms with Gasteiger partial charge >= 0.3 is 6.09 Å². The summed E-state index contributed by atoms with van der Waals surface area (Å²) in [7, 11) is -2.30. The fourth-order valence-electron chi connectivity index (χ4n) is 2.76. The van der Waals surface area contributed by atoms with Gasteiger partial charge in [-0.1, -0.05) is 13.8 Å². The van der Waals surface area contributed by atoms with Crippen LogP contribution in [0.5, 0.6) is 0 Å². The highest BCUT2D eigenvalue weighted by atomic mass is 28.4. The third-order valence-electron chi connectivity index (χ3n) is 4.89. The van der Waals surface area contributed by atoms with E-state index in [1.54, 1.807) is 4.90 Å². The zero-order chi connectivity index (χ0) is 17.3. The lowest BCUT2D eigenvalue weighted by molar-refractivity contribution is 0.0280. The van der Waals surface area contributed by atoms with Gasteiger partial charge in [0.05, 0.1) is 0 Å². The Balaban J connectivity index is 2.76. The topological polar surface area (TPSA) is 70.0 Å². The van der Waals surface area contributed by atoms with Gasteiger partial charge in [0.1, 0.15) is 5.60 Å². The van der Waals surface area contributed by atoms with Crippen LogP contribution in [0.15, 0.2) is 0 Å². The Bertz CT molecular complexity index is 398. The first-order chi connectivity index (χ1) is 9.77. The van der Waals surface area contributed by atoms with E-state index in [4.69, 9.17) is 4.74 Å². The molecule has 2 N–H and O–H groups in total. The summed E-state index contributed by atoms with van der Waals surface area (Å²) in [5, 5.41) is 9.48. The highest BCUT2D eigenvalue weighted by molar-refractivity contribution is 6.72. The van der Waals surface area contributed by atoms with Crippen molar-refractivity contribution in [2.24, 2.45) is 11.8 Å². The van der Waals surface area contributed by atoms with Crippen molar-refractivity contribution in [2.45, 2.75) is 64.8 Å². The average Bonchev–Trinajstić information content (AvgIpc) is 2.67. The van der Waals surface area contributed by atoms with Gasteiger partial charge in [-0.05, 0) is 51.2 Å². The minimum Gasteiger partial charge on any atom is -0.444 e. The fraction of sp³-hybridized carbons (Fsp3) is 0.938. The van der Waals surface area contributed by atoms with E-state index < -0.39 is 13.9 Å². The molecular formula is C16H33NO4Si. The standard InChI is InChI=1S/C16H33NO4Si/c1-15(2,3)21-14(19)17-9-12(13(10-17)11-18)8-16(4,5)22(6,7)20/h12-13,18,20H,8-11H2,1-7H3/t12?,13-/m1/s1. The fourth-order valence-corrected chi connectivity index (χ4v) is 3.52. The molecule has 1 aliphatic heterocycles. The van der Waals surface area contributed by atoms with Gasteiger partial charge in [0.2, 0.25) is 0 Å². The zero-order valence-electron chi connectivity index (χ0n) is 15.1. The minimum absolute atomic E-state index is 0.0585. The Hall–Kier alpha value is -0.593. The van der Waals surface area contributed by atoms with Gasteiger partial charge < -0.3 is 19.5 Å². The van der Waals surface area contributed by atoms with Gasteiger partial charge in [-0.15, -0.1) is 0 Å². The molecule has 1 amide bonds. The summed E-state index contributed by atoms with van der Waals surface area (Å²) in [6.45, 7) is 14.8. The van der Waals surface area contributed by atoms with Gasteiger partial charge in [0, 0.05) is 25.6 Å². The van der Waals surface area contributed by atoms with Crippen LogP contribution >= 0.6 is 0 Å². The van der Waals surface area contributed by atoms with Crippen LogP contribution < -0.4 is 0 Å². The van der Waals surface area contributed by atoms with E-state index in [-0.39, 0.29) is 29.6 Å². The summed E-state index contributed by atoms with van der Waals surface area (Å²) in [6, 6.07) is 0. The van der Waals surface area contributed by atoms with E-state index in [0.29, 0.717) is 13.1 Å². The molecule has 1 unspecified atom stereocenters. The molecule has 130 valence electrons. The molecule has 1 rings (SSSR count). The van der Waals surface area contributed by atoms with E-state index in [9.17, 15) is 14.7 Å². The molecule has 6 heteroatoms. The van der Waals surface area contributed by atoms with E-state index in [2.05, 4.69) is 13.8 Å². The number of hydrogen-bond acceptors (Lipinski definition) is 4. The van der Waals surface area contributed by atoms with Gasteiger partial charge in [0.25, 0.3) is 0 Å². The zero-order valence-corrected chi connectivity index (χ0v) is 16.1. The second-order valence-electron chi connectivity index (χ2n) is 8.74. The SMILES string of the molecule is CC(C)(C)OC(=O)N1CC(CC(C)(C)[Si](C)(C)O)[C@@H](CO)C1. The summed E-state index contributed by atoms with van der Waals surface area (Å²) >= 11 is 0. The molecule has 0 aromatic rings. The van der Waals surface area contributed by atoms with Crippen LogP contribution in [0.1, 0.15) is 41.0 Å². The third-order valence-corrected chi connectivity index (χ3v) is 8.41. The number of rotatable bonds is 4. The Morgan fingerprint density at radius 2 is 1.68 bits per heavy atom. The molecule has 0 spiro atoms. The maximum absolute atomic E-state index is 12.2. The van der Waals surface area contributed by atoms with Crippen LogP contribution in [0, 0.1) is 11.8 Å². The van der Waals surface area contributed by atoms with Crippen LogP contribution in [-0.2, 0) is 4.74 Å². The maximum Gasteiger partial charge on any atom is 0.410 e. The molecule has 22 heavy (non-hydrogen) atoms. The number of aliphatic hydroxyl groups excluding tert-OH is 1. The van der Waals surface area contributed by atoms with Crippen molar-refractivity contribution in [3.8, 4) is 0 Å². The van der Waals surface area contributed by atoms with Gasteiger partial charge in [-0.25, -0.2) is 4.79 Å². The Kier molecular flexibility index (Phi) is 5.74. The smallest absolute Gasteiger partial charge is 0.410 e. The highest BCUT2D eigenvalue weighted by Gasteiger charge is 2.44. The number of carbonyl (C=O) groups is 1. The summed E-state index contributed by atoms with van der Waals surface area (Å²) in [6.07, 6.45) is 0.500. The number of nitrogens with zero attached hydrogens (tertiary/aromatic N) is 1. The van der Waals surface area contributed by atoms with Crippen LogP contribution in [0.25, 0.3) is 0 Å². The Labute approximate surface area is 135 Å². The van der Waals surface area contributed by atoms with Crippen molar-refractivity contribution in [1.82, 2.24) is 4.90 Å². The van der Waals surface area contributed by atoms with E-state index in [1.807, 2.05) is 33.9 Å². The van der Waals surface area contributed by atoms with Crippen molar-refractivity contribution in [3.63, 3.8) is 0 Å². The summed E-state index contributed by atoms with van der Waals surface area (Å²) in [4.78, 5) is 24.4. The largest absolute Gasteiger partial charge is 0.444 e. The molecule has 0 aromatic carbocycles. The van der Waals surface area contributed by atoms with Crippen LogP contribution in [0.3, 0.4) is 0 Å². The molecule has 5 nitrogen and oxygen atoms in total. The van der Waals surface area contributed by atoms with E-state index >= 15 is 0 Å². The first-order valence-electron chi connectivity index (χ1n) is 8.08. The van der Waals surface area contributed by atoms with Crippen molar-refractivity contribution in [3.05, 3.63) is 0 Å². The normalized spacial score (nSPS) is 23.8. The molecule has 0 bridgehead atoms. The van der Waals surface area contributed by atoms with Crippen molar-refractivity contribution in [1.29, 1.82) is 0 Å². The highest BCUT2D eigenvalue weighted by Crippen LogP contribution is 2.44. The third kappa shape index (κ3) is 4.96. The molecule has 0 aliphatic carbocycles. The van der Waals surface area contributed by atoms with Gasteiger partial charge in [0.15, 0.2) is 8.32 Å². The number of carbonyl (C=O) groups excluding carboxylic acids is 1. The number of ether oxygens (including phenoxy) is 1. The number of amides is 1. The first-order valence-corrected chi connectivity index (χ1v) is 11.0. The summed E-state index contributed by atoms with van der Waals surface area (Å²) < 4.78 is 5.42. The number of likely N-dealkylation sites (tertiary alicyclic amines) is 1. The predicted molar refractivity (Wildman–Crippen MR) is 90.2 cm³/mol. The van der Waals surface area contributed by atoms with Gasteiger partial charge in [-0.2, -0.15) is 0 Å². The van der Waals surface area contributed by atoms with E-state index in [1.165, 1.54) is 0 Å². The molecule has 0 radical (unpaired) electrons. The monoisotopic (exact) mass is 331 g/mol. The first kappa shape index (κ1) is 19.5. The summed E-state index contributed by atoms with van der Waals surface area (Å²) in [5.41, 5.74) is -0.511. The molecule has 2 atom stereocenters. The minimum atomic E-state index is -2.30. The van der Waals surface area contributed by atoms with Crippen molar-refractivity contribution < 1.29 is 19.4 Å².